The van der Waals surface area contributed by atoms with Crippen molar-refractivity contribution in [1.82, 2.24) is 4.98 Å². The first-order valence-corrected chi connectivity index (χ1v) is 10.2. The second-order valence-corrected chi connectivity index (χ2v) is 7.48. The minimum atomic E-state index is -0.896. The van der Waals surface area contributed by atoms with Crippen LogP contribution in [0.3, 0.4) is 0 Å². The van der Waals surface area contributed by atoms with Crippen LogP contribution in [0.4, 0.5) is 14.6 Å². The minimum absolute atomic E-state index is 0.0687. The maximum absolute atomic E-state index is 14.9. The highest BCUT2D eigenvalue weighted by molar-refractivity contribution is 6.31. The molecule has 4 nitrogen and oxygen atoms in total. The molecule has 0 spiro atoms. The lowest BCUT2D eigenvalue weighted by molar-refractivity contribution is 0.515. The van der Waals surface area contributed by atoms with Crippen LogP contribution in [-0.2, 0) is 0 Å². The van der Waals surface area contributed by atoms with E-state index < -0.39 is 23.6 Å². The van der Waals surface area contributed by atoms with E-state index in [4.69, 9.17) is 11.6 Å². The molecular formula is C24H22ClF2N3O. The van der Waals surface area contributed by atoms with E-state index in [2.05, 4.69) is 15.5 Å². The third-order valence-electron chi connectivity index (χ3n) is 5.20. The number of pyridine rings is 1. The predicted molar refractivity (Wildman–Crippen MR) is 121 cm³/mol. The van der Waals surface area contributed by atoms with E-state index in [0.717, 1.165) is 11.1 Å². The van der Waals surface area contributed by atoms with Crippen LogP contribution in [0.1, 0.15) is 31.9 Å². The Bertz CT molecular complexity index is 1070. The highest BCUT2D eigenvalue weighted by Crippen LogP contribution is 2.40. The van der Waals surface area contributed by atoms with E-state index in [1.165, 1.54) is 30.5 Å². The SMILES string of the molecule is CC=C1C=CC=CCC1=C(N=O)C(C)C(Nc1ncccc1F)c1c(F)cccc1Cl. The Balaban J connectivity index is 2.17. The first-order chi connectivity index (χ1) is 15.0. The van der Waals surface area contributed by atoms with Gasteiger partial charge in [0.25, 0.3) is 0 Å². The minimum Gasteiger partial charge on any atom is -0.360 e. The van der Waals surface area contributed by atoms with Crippen LogP contribution in [0, 0.1) is 22.5 Å². The van der Waals surface area contributed by atoms with E-state index in [1.807, 2.05) is 37.3 Å². The maximum Gasteiger partial charge on any atom is 0.165 e. The molecule has 0 saturated carbocycles. The summed E-state index contributed by atoms with van der Waals surface area (Å²) in [6, 6.07) is 6.11. The Morgan fingerprint density at radius 1 is 1.23 bits per heavy atom. The summed E-state index contributed by atoms with van der Waals surface area (Å²) < 4.78 is 29.2. The molecule has 31 heavy (non-hydrogen) atoms. The zero-order chi connectivity index (χ0) is 22.4. The number of nitroso groups, excluding NO2 is 1. The van der Waals surface area contributed by atoms with Gasteiger partial charge in [-0.25, -0.2) is 13.8 Å². The molecule has 1 aliphatic carbocycles. The van der Waals surface area contributed by atoms with Gasteiger partial charge in [-0.2, -0.15) is 0 Å². The monoisotopic (exact) mass is 441 g/mol. The van der Waals surface area contributed by atoms with Gasteiger partial charge in [-0.15, -0.1) is 4.91 Å². The maximum atomic E-state index is 14.9. The van der Waals surface area contributed by atoms with E-state index in [0.29, 0.717) is 6.42 Å². The van der Waals surface area contributed by atoms with Crippen molar-refractivity contribution in [3.63, 3.8) is 0 Å². The number of nitrogens with one attached hydrogen (secondary N) is 1. The summed E-state index contributed by atoms with van der Waals surface area (Å²) in [6.45, 7) is 3.60. The zero-order valence-electron chi connectivity index (χ0n) is 17.1. The summed E-state index contributed by atoms with van der Waals surface area (Å²) in [4.78, 5) is 16.0. The molecule has 2 aromatic rings. The molecule has 1 N–H and O–H groups in total. The van der Waals surface area contributed by atoms with Crippen LogP contribution in [0.15, 0.2) is 88.9 Å². The molecule has 0 saturated heterocycles. The van der Waals surface area contributed by atoms with Crippen LogP contribution in [0.25, 0.3) is 0 Å². The highest BCUT2D eigenvalue weighted by atomic mass is 35.5. The van der Waals surface area contributed by atoms with E-state index in [-0.39, 0.29) is 22.1 Å². The Morgan fingerprint density at radius 2 is 2.00 bits per heavy atom. The molecule has 0 aliphatic heterocycles. The molecular weight excluding hydrogens is 420 g/mol. The second kappa shape index (κ2) is 10.3. The zero-order valence-corrected chi connectivity index (χ0v) is 17.9. The third kappa shape index (κ3) is 4.97. The largest absolute Gasteiger partial charge is 0.360 e. The van der Waals surface area contributed by atoms with Gasteiger partial charge < -0.3 is 5.32 Å². The van der Waals surface area contributed by atoms with Crippen molar-refractivity contribution in [2.75, 3.05) is 5.32 Å². The Labute approximate surface area is 185 Å². The normalized spacial score (nSPS) is 18.4. The topological polar surface area (TPSA) is 54.4 Å². The number of benzene rings is 1. The van der Waals surface area contributed by atoms with Crippen LogP contribution in [0.2, 0.25) is 5.02 Å². The van der Waals surface area contributed by atoms with Crippen LogP contribution < -0.4 is 5.32 Å². The fraction of sp³-hybridized carbons (Fsp3) is 0.208. The van der Waals surface area contributed by atoms with Gasteiger partial charge in [0.05, 0.1) is 11.7 Å². The first-order valence-electron chi connectivity index (χ1n) is 9.85. The summed E-state index contributed by atoms with van der Waals surface area (Å²) in [7, 11) is 0. The van der Waals surface area contributed by atoms with E-state index in [9.17, 15) is 13.7 Å². The molecule has 1 heterocycles. The summed E-state index contributed by atoms with van der Waals surface area (Å²) in [5.41, 5.74) is 1.91. The summed E-state index contributed by atoms with van der Waals surface area (Å²) in [5.74, 6) is -1.90. The number of nitrogens with zero attached hydrogens (tertiary/aromatic N) is 2. The highest BCUT2D eigenvalue weighted by Gasteiger charge is 2.31. The molecule has 2 unspecified atom stereocenters. The smallest absolute Gasteiger partial charge is 0.165 e. The van der Waals surface area contributed by atoms with Gasteiger partial charge in [0, 0.05) is 22.7 Å². The quantitative estimate of drug-likeness (QED) is 0.479. The molecule has 2 atom stereocenters. The number of rotatable bonds is 6. The number of aromatic nitrogens is 1. The molecule has 1 aromatic heterocycles. The summed E-state index contributed by atoms with van der Waals surface area (Å²) in [5, 5.41) is 6.43. The fourth-order valence-electron chi connectivity index (χ4n) is 3.63. The average molecular weight is 442 g/mol. The van der Waals surface area contributed by atoms with Gasteiger partial charge in [0.2, 0.25) is 0 Å². The Hall–Kier alpha value is -3.12. The van der Waals surface area contributed by atoms with E-state index in [1.54, 1.807) is 13.0 Å². The van der Waals surface area contributed by atoms with Crippen molar-refractivity contribution < 1.29 is 8.78 Å². The first kappa shape index (κ1) is 22.6. The second-order valence-electron chi connectivity index (χ2n) is 7.07. The number of halogens is 3. The van der Waals surface area contributed by atoms with Gasteiger partial charge in [0.1, 0.15) is 5.82 Å². The third-order valence-corrected chi connectivity index (χ3v) is 5.53. The van der Waals surface area contributed by atoms with Crippen LogP contribution >= 0.6 is 11.6 Å². The molecule has 1 aromatic carbocycles. The van der Waals surface area contributed by atoms with Gasteiger partial charge in [-0.3, -0.25) is 0 Å². The van der Waals surface area contributed by atoms with Crippen molar-refractivity contribution in [3.05, 3.63) is 111 Å². The lowest BCUT2D eigenvalue weighted by atomic mass is 9.86. The number of allylic oxidation sites excluding steroid dienone is 7. The van der Waals surface area contributed by atoms with Crippen molar-refractivity contribution in [1.29, 1.82) is 0 Å². The lowest BCUT2D eigenvalue weighted by Gasteiger charge is -2.28. The molecule has 7 heteroatoms. The van der Waals surface area contributed by atoms with E-state index >= 15 is 0 Å². The predicted octanol–water partition coefficient (Wildman–Crippen LogP) is 7.29. The molecule has 0 fully saturated rings. The molecule has 160 valence electrons. The molecule has 0 radical (unpaired) electrons. The van der Waals surface area contributed by atoms with Gasteiger partial charge in [-0.05, 0) is 53.9 Å². The summed E-state index contributed by atoms with van der Waals surface area (Å²) in [6.07, 6.45) is 11.3. The van der Waals surface area contributed by atoms with Crippen molar-refractivity contribution >= 4 is 17.4 Å². The number of hydrogen-bond acceptors (Lipinski definition) is 4. The molecule has 0 bridgehead atoms. The number of hydrogen-bond donors (Lipinski definition) is 1. The fourth-order valence-corrected chi connectivity index (χ4v) is 3.91. The average Bonchev–Trinajstić information content (AvgIpc) is 3.00. The van der Waals surface area contributed by atoms with Gasteiger partial charge >= 0.3 is 0 Å². The molecule has 1 aliphatic rings. The Kier molecular flexibility index (Phi) is 7.47. The standard InChI is InChI=1S/C24H22ClF2N3O/c1-3-16-9-5-4-6-10-17(16)22(30-31)15(2)23(21-18(25)11-7-12-19(21)26)29-24-20(27)13-8-14-28-24/h3-9,11-15,23H,10H2,1-2H3,(H,28,29). The van der Waals surface area contributed by atoms with Crippen LogP contribution in [-0.4, -0.2) is 4.98 Å². The Morgan fingerprint density at radius 3 is 2.68 bits per heavy atom. The lowest BCUT2D eigenvalue weighted by Crippen LogP contribution is -2.23. The number of anilines is 1. The van der Waals surface area contributed by atoms with Crippen molar-refractivity contribution in [3.8, 4) is 0 Å². The van der Waals surface area contributed by atoms with Crippen molar-refractivity contribution in [2.45, 2.75) is 26.3 Å². The van der Waals surface area contributed by atoms with Crippen molar-refractivity contribution in [2.24, 2.45) is 11.1 Å². The summed E-state index contributed by atoms with van der Waals surface area (Å²) >= 11 is 6.34. The molecule has 0 amide bonds. The molecule has 3 rings (SSSR count). The van der Waals surface area contributed by atoms with Gasteiger partial charge in [0.15, 0.2) is 11.6 Å². The van der Waals surface area contributed by atoms with Crippen LogP contribution in [0.5, 0.6) is 0 Å². The van der Waals surface area contributed by atoms with Gasteiger partial charge in [-0.1, -0.05) is 55.0 Å².